The third-order valence-corrected chi connectivity index (χ3v) is 5.38. The fourth-order valence-electron chi connectivity index (χ4n) is 3.32. The molecule has 4 rings (SSSR count). The molecule has 0 saturated heterocycles. The van der Waals surface area contributed by atoms with Crippen molar-refractivity contribution in [3.8, 4) is 5.75 Å². The van der Waals surface area contributed by atoms with Crippen LogP contribution in [0.3, 0.4) is 0 Å². The number of aromatic nitrogens is 3. The topological polar surface area (TPSA) is 84.2 Å². The molecular formula is C21H21Cl2N5O2. The summed E-state index contributed by atoms with van der Waals surface area (Å²) < 4.78 is 7.84. The molecule has 0 radical (unpaired) electrons. The average molecular weight is 446 g/mol. The average Bonchev–Trinajstić information content (AvgIpc) is 3.33. The van der Waals surface area contributed by atoms with Gasteiger partial charge in [0.05, 0.1) is 40.8 Å². The van der Waals surface area contributed by atoms with Crippen molar-refractivity contribution >= 4 is 34.6 Å². The third kappa shape index (κ3) is 4.38. The Morgan fingerprint density at radius 3 is 2.77 bits per heavy atom. The molecule has 7 nitrogen and oxygen atoms in total. The van der Waals surface area contributed by atoms with Crippen molar-refractivity contribution in [1.82, 2.24) is 20.2 Å². The molecule has 1 aliphatic rings. The number of allylic oxidation sites excluding steroid dienone is 1. The van der Waals surface area contributed by atoms with E-state index in [0.29, 0.717) is 34.3 Å². The predicted octanol–water partition coefficient (Wildman–Crippen LogP) is 4.23. The van der Waals surface area contributed by atoms with Crippen LogP contribution in [0.4, 0.5) is 5.69 Å². The van der Waals surface area contributed by atoms with E-state index in [2.05, 4.69) is 27.0 Å². The first-order valence-electron chi connectivity index (χ1n) is 9.49. The van der Waals surface area contributed by atoms with E-state index in [9.17, 15) is 0 Å². The highest BCUT2D eigenvalue weighted by molar-refractivity contribution is 6.35. The van der Waals surface area contributed by atoms with E-state index in [-0.39, 0.29) is 12.7 Å². The lowest BCUT2D eigenvalue weighted by atomic mass is 10.1. The zero-order valence-electron chi connectivity index (χ0n) is 16.3. The Labute approximate surface area is 184 Å². The van der Waals surface area contributed by atoms with Gasteiger partial charge in [0, 0.05) is 29.7 Å². The van der Waals surface area contributed by atoms with Crippen LogP contribution in [0.25, 0.3) is 5.70 Å². The molecule has 1 atom stereocenters. The number of rotatable bonds is 7. The molecule has 9 heteroatoms. The normalized spacial score (nSPS) is 14.9. The van der Waals surface area contributed by atoms with Gasteiger partial charge in [-0.05, 0) is 37.1 Å². The maximum atomic E-state index is 9.01. The number of hydrogen-bond donors (Lipinski definition) is 3. The molecule has 0 spiro atoms. The summed E-state index contributed by atoms with van der Waals surface area (Å²) in [6.45, 7) is 2.46. The van der Waals surface area contributed by atoms with Crippen LogP contribution in [0.15, 0.2) is 49.1 Å². The SMILES string of the molecule is C[C@@H](Oc1ccc2c(c1)/C(=C/Cc1cnn(CCO)c1)NN2)c1c(Cl)cncc1Cl. The molecule has 0 fully saturated rings. The van der Waals surface area contributed by atoms with Crippen molar-refractivity contribution in [1.29, 1.82) is 0 Å². The van der Waals surface area contributed by atoms with Gasteiger partial charge in [-0.15, -0.1) is 0 Å². The van der Waals surface area contributed by atoms with Crippen LogP contribution in [0.2, 0.25) is 10.0 Å². The zero-order chi connectivity index (χ0) is 21.1. The lowest BCUT2D eigenvalue weighted by molar-refractivity contribution is 0.227. The lowest BCUT2D eigenvalue weighted by Crippen LogP contribution is -2.10. The van der Waals surface area contributed by atoms with Crippen LogP contribution < -0.4 is 15.6 Å². The summed E-state index contributed by atoms with van der Waals surface area (Å²) >= 11 is 12.5. The monoisotopic (exact) mass is 445 g/mol. The minimum absolute atomic E-state index is 0.0676. The molecule has 0 saturated carbocycles. The second-order valence-corrected chi connectivity index (χ2v) is 7.71. The Balaban J connectivity index is 1.51. The summed E-state index contributed by atoms with van der Waals surface area (Å²) in [6, 6.07) is 5.83. The molecule has 1 aromatic carbocycles. The van der Waals surface area contributed by atoms with Crippen molar-refractivity contribution in [2.24, 2.45) is 0 Å². The second-order valence-electron chi connectivity index (χ2n) is 6.89. The number of hydrogen-bond acceptors (Lipinski definition) is 6. The Morgan fingerprint density at radius 1 is 1.20 bits per heavy atom. The Morgan fingerprint density at radius 2 is 2.00 bits per heavy atom. The van der Waals surface area contributed by atoms with Crippen molar-refractivity contribution in [3.63, 3.8) is 0 Å². The first-order chi connectivity index (χ1) is 14.5. The molecule has 0 amide bonds. The molecule has 1 aliphatic heterocycles. The first kappa shape index (κ1) is 20.5. The van der Waals surface area contributed by atoms with Crippen LogP contribution in [0.1, 0.15) is 29.7 Å². The van der Waals surface area contributed by atoms with E-state index < -0.39 is 0 Å². The van der Waals surface area contributed by atoms with E-state index in [1.54, 1.807) is 23.3 Å². The molecule has 2 aromatic heterocycles. The van der Waals surface area contributed by atoms with Crippen molar-refractivity contribution in [2.75, 3.05) is 12.0 Å². The largest absolute Gasteiger partial charge is 0.486 e. The van der Waals surface area contributed by atoms with E-state index in [4.69, 9.17) is 33.0 Å². The van der Waals surface area contributed by atoms with Crippen molar-refractivity contribution in [3.05, 3.63) is 75.8 Å². The van der Waals surface area contributed by atoms with E-state index in [0.717, 1.165) is 22.5 Å². The number of nitrogens with zero attached hydrogens (tertiary/aromatic N) is 3. The highest BCUT2D eigenvalue weighted by atomic mass is 35.5. The highest BCUT2D eigenvalue weighted by Crippen LogP contribution is 2.35. The number of pyridine rings is 1. The Hall–Kier alpha value is -2.74. The number of nitrogens with one attached hydrogen (secondary N) is 2. The number of anilines is 1. The van der Waals surface area contributed by atoms with Gasteiger partial charge in [-0.2, -0.15) is 5.10 Å². The number of aliphatic hydroxyl groups is 1. The summed E-state index contributed by atoms with van der Waals surface area (Å²) in [7, 11) is 0. The van der Waals surface area contributed by atoms with Gasteiger partial charge < -0.3 is 20.7 Å². The summed E-state index contributed by atoms with van der Waals surface area (Å²) in [6.07, 6.45) is 9.31. The second kappa shape index (κ2) is 8.95. The van der Waals surface area contributed by atoms with Crippen LogP contribution in [0.5, 0.6) is 5.75 Å². The van der Waals surface area contributed by atoms with Crippen LogP contribution in [0, 0.1) is 0 Å². The summed E-state index contributed by atoms with van der Waals surface area (Å²) in [5, 5.41) is 14.2. The Bertz CT molecular complexity index is 1060. The minimum atomic E-state index is -0.335. The number of fused-ring (bicyclic) bond motifs is 1. The highest BCUT2D eigenvalue weighted by Gasteiger charge is 2.19. The molecule has 0 unspecified atom stereocenters. The minimum Gasteiger partial charge on any atom is -0.486 e. The van der Waals surface area contributed by atoms with E-state index in [1.165, 1.54) is 0 Å². The van der Waals surface area contributed by atoms with Crippen LogP contribution in [-0.4, -0.2) is 26.5 Å². The molecule has 0 aliphatic carbocycles. The summed E-state index contributed by atoms with van der Waals surface area (Å²) in [5.41, 5.74) is 11.1. The molecule has 3 N–H and O–H groups in total. The molecule has 3 heterocycles. The maximum absolute atomic E-state index is 9.01. The van der Waals surface area contributed by atoms with Crippen molar-refractivity contribution < 1.29 is 9.84 Å². The fraction of sp³-hybridized carbons (Fsp3) is 0.238. The van der Waals surface area contributed by atoms with Crippen LogP contribution >= 0.6 is 23.2 Å². The number of ether oxygens (including phenoxy) is 1. The number of aliphatic hydroxyl groups excluding tert-OH is 1. The standard InChI is InChI=1S/C21H21Cl2N5O2/c1-13(21-17(22)10-24-11-18(21)23)30-15-3-5-20-16(8-15)19(26-27-20)4-2-14-9-25-28(12-14)6-7-29/h3-5,8-13,26-27,29H,2,6-7H2,1H3/b19-4-/t13-/m1/s1. The molecular weight excluding hydrogens is 425 g/mol. The number of halogens is 2. The third-order valence-electron chi connectivity index (χ3n) is 4.78. The molecule has 156 valence electrons. The zero-order valence-corrected chi connectivity index (χ0v) is 17.8. The smallest absolute Gasteiger partial charge is 0.124 e. The quantitative estimate of drug-likeness (QED) is 0.504. The van der Waals surface area contributed by atoms with Gasteiger partial charge >= 0.3 is 0 Å². The van der Waals surface area contributed by atoms with Crippen molar-refractivity contribution in [2.45, 2.75) is 26.0 Å². The van der Waals surface area contributed by atoms with Gasteiger partial charge in [0.25, 0.3) is 0 Å². The summed E-state index contributed by atoms with van der Waals surface area (Å²) in [5.74, 6) is 0.706. The molecule has 3 aromatic rings. The predicted molar refractivity (Wildman–Crippen MR) is 117 cm³/mol. The van der Waals surface area contributed by atoms with Gasteiger partial charge in [-0.25, -0.2) is 0 Å². The Kier molecular flexibility index (Phi) is 6.13. The van der Waals surface area contributed by atoms with Crippen LogP contribution in [-0.2, 0) is 13.0 Å². The first-order valence-corrected chi connectivity index (χ1v) is 10.2. The number of benzene rings is 1. The van der Waals surface area contributed by atoms with E-state index in [1.807, 2.05) is 31.3 Å². The maximum Gasteiger partial charge on any atom is 0.124 e. The van der Waals surface area contributed by atoms with Gasteiger partial charge in [-0.1, -0.05) is 29.3 Å². The molecule has 0 bridgehead atoms. The fourth-order valence-corrected chi connectivity index (χ4v) is 3.99. The number of hydrazine groups is 1. The van der Waals surface area contributed by atoms with Gasteiger partial charge in [0.1, 0.15) is 11.9 Å². The summed E-state index contributed by atoms with van der Waals surface area (Å²) in [4.78, 5) is 3.99. The lowest BCUT2D eigenvalue weighted by Gasteiger charge is -2.17. The van der Waals surface area contributed by atoms with Gasteiger partial charge in [-0.3, -0.25) is 9.67 Å². The van der Waals surface area contributed by atoms with Gasteiger partial charge in [0.2, 0.25) is 0 Å². The van der Waals surface area contributed by atoms with Gasteiger partial charge in [0.15, 0.2) is 0 Å². The molecule has 30 heavy (non-hydrogen) atoms. The van der Waals surface area contributed by atoms with E-state index >= 15 is 0 Å².